The van der Waals surface area contributed by atoms with Crippen LogP contribution in [0.2, 0.25) is 0 Å². The maximum Gasteiger partial charge on any atom is 0.236 e. The number of piperazine rings is 1. The first-order valence-corrected chi connectivity index (χ1v) is 12.7. The van der Waals surface area contributed by atoms with Crippen LogP contribution in [0.1, 0.15) is 46.5 Å². The van der Waals surface area contributed by atoms with Gasteiger partial charge in [0.15, 0.2) is 5.96 Å². The van der Waals surface area contributed by atoms with Crippen molar-refractivity contribution in [2.75, 3.05) is 79.0 Å². The predicted molar refractivity (Wildman–Crippen MR) is 144 cm³/mol. The Morgan fingerprint density at radius 1 is 0.938 bits per heavy atom. The molecular weight excluding hydrogens is 515 g/mol. The molecule has 3 aliphatic rings. The third-order valence-electron chi connectivity index (χ3n) is 7.45. The summed E-state index contributed by atoms with van der Waals surface area (Å²) < 4.78 is 0. The first-order chi connectivity index (χ1) is 15.0. The molecule has 2 atom stereocenters. The van der Waals surface area contributed by atoms with E-state index in [1.54, 1.807) is 0 Å². The van der Waals surface area contributed by atoms with Crippen molar-refractivity contribution in [3.05, 3.63) is 0 Å². The van der Waals surface area contributed by atoms with Crippen molar-refractivity contribution in [2.24, 2.45) is 22.7 Å². The molecule has 1 amide bonds. The average Bonchev–Trinajstić information content (AvgIpc) is 2.77. The van der Waals surface area contributed by atoms with Crippen molar-refractivity contribution in [1.82, 2.24) is 24.9 Å². The van der Waals surface area contributed by atoms with Crippen LogP contribution < -0.4 is 5.32 Å². The summed E-state index contributed by atoms with van der Waals surface area (Å²) in [5.74, 6) is 3.42. The number of hydrogen-bond donors (Lipinski definition) is 1. The fourth-order valence-corrected chi connectivity index (χ4v) is 5.59. The minimum absolute atomic E-state index is 0. The normalized spacial score (nSPS) is 26.7. The summed E-state index contributed by atoms with van der Waals surface area (Å²) in [6.45, 7) is 17.7. The number of hydrogen-bond acceptors (Lipinski definition) is 4. The number of carbonyl (C=O) groups excluding carboxylic acids is 1. The van der Waals surface area contributed by atoms with Crippen molar-refractivity contribution in [3.63, 3.8) is 0 Å². The SMILES string of the molecule is CCN1CCC(CCNC(=NC)N2CCN(CC(=O)N3CC(C)CC(C)C3)CC2)CC1.I. The zero-order chi connectivity index (χ0) is 22.2. The van der Waals surface area contributed by atoms with Gasteiger partial charge in [-0.2, -0.15) is 0 Å². The number of nitrogens with one attached hydrogen (secondary N) is 1. The highest BCUT2D eigenvalue weighted by Crippen LogP contribution is 2.21. The second-order valence-corrected chi connectivity index (χ2v) is 10.1. The van der Waals surface area contributed by atoms with Gasteiger partial charge < -0.3 is 20.0 Å². The predicted octanol–water partition coefficient (Wildman–Crippen LogP) is 2.42. The monoisotopic (exact) mass is 562 g/mol. The van der Waals surface area contributed by atoms with Crippen LogP contribution in [0.4, 0.5) is 0 Å². The van der Waals surface area contributed by atoms with E-state index in [0.29, 0.717) is 24.3 Å². The first kappa shape index (κ1) is 27.6. The van der Waals surface area contributed by atoms with Gasteiger partial charge in [-0.15, -0.1) is 24.0 Å². The molecule has 0 radical (unpaired) electrons. The molecule has 0 spiro atoms. The molecule has 0 aliphatic carbocycles. The van der Waals surface area contributed by atoms with Gasteiger partial charge in [0.2, 0.25) is 5.91 Å². The zero-order valence-corrected chi connectivity index (χ0v) is 23.2. The van der Waals surface area contributed by atoms with E-state index in [2.05, 4.69) is 50.7 Å². The molecule has 0 aromatic heterocycles. The van der Waals surface area contributed by atoms with Gasteiger partial charge in [-0.3, -0.25) is 14.7 Å². The summed E-state index contributed by atoms with van der Waals surface area (Å²) in [4.78, 5) is 26.6. The fraction of sp³-hybridized carbons (Fsp3) is 0.917. The number of rotatable bonds is 6. The number of nitrogens with zero attached hydrogens (tertiary/aromatic N) is 5. The molecule has 3 fully saturated rings. The van der Waals surface area contributed by atoms with Crippen LogP contribution in [0.25, 0.3) is 0 Å². The van der Waals surface area contributed by atoms with Crippen LogP contribution in [0.15, 0.2) is 4.99 Å². The highest BCUT2D eigenvalue weighted by molar-refractivity contribution is 14.0. The van der Waals surface area contributed by atoms with Crippen LogP contribution in [0, 0.1) is 17.8 Å². The summed E-state index contributed by atoms with van der Waals surface area (Å²) in [7, 11) is 1.89. The molecule has 1 N–H and O–H groups in total. The van der Waals surface area contributed by atoms with Crippen molar-refractivity contribution < 1.29 is 4.79 Å². The van der Waals surface area contributed by atoms with E-state index >= 15 is 0 Å². The number of halogens is 1. The molecule has 3 aliphatic heterocycles. The number of piperidine rings is 2. The third kappa shape index (κ3) is 8.31. The molecule has 186 valence electrons. The van der Waals surface area contributed by atoms with E-state index in [-0.39, 0.29) is 24.0 Å². The Hall–Kier alpha value is -0.610. The molecule has 0 aromatic carbocycles. The van der Waals surface area contributed by atoms with E-state index in [4.69, 9.17) is 0 Å². The fourth-order valence-electron chi connectivity index (χ4n) is 5.59. The van der Waals surface area contributed by atoms with E-state index in [1.165, 1.54) is 45.3 Å². The minimum atomic E-state index is 0. The molecule has 32 heavy (non-hydrogen) atoms. The highest BCUT2D eigenvalue weighted by Gasteiger charge is 2.28. The highest BCUT2D eigenvalue weighted by atomic mass is 127. The quantitative estimate of drug-likeness (QED) is 0.306. The lowest BCUT2D eigenvalue weighted by atomic mass is 9.92. The second-order valence-electron chi connectivity index (χ2n) is 10.1. The first-order valence-electron chi connectivity index (χ1n) is 12.7. The van der Waals surface area contributed by atoms with Crippen LogP contribution in [-0.4, -0.2) is 111 Å². The van der Waals surface area contributed by atoms with Gasteiger partial charge in [-0.05, 0) is 63.1 Å². The van der Waals surface area contributed by atoms with Gasteiger partial charge in [0.25, 0.3) is 0 Å². The molecule has 0 saturated carbocycles. The summed E-state index contributed by atoms with van der Waals surface area (Å²) in [5, 5.41) is 3.60. The molecular formula is C24H47IN6O. The van der Waals surface area contributed by atoms with E-state index in [0.717, 1.165) is 57.7 Å². The second kappa shape index (κ2) is 13.9. The number of carbonyl (C=O) groups is 1. The van der Waals surface area contributed by atoms with E-state index in [9.17, 15) is 4.79 Å². The average molecular weight is 563 g/mol. The molecule has 0 aromatic rings. The lowest BCUT2D eigenvalue weighted by Gasteiger charge is -2.39. The van der Waals surface area contributed by atoms with Crippen molar-refractivity contribution >= 4 is 35.8 Å². The molecule has 3 saturated heterocycles. The molecule has 3 rings (SSSR count). The third-order valence-corrected chi connectivity index (χ3v) is 7.45. The Bertz CT molecular complexity index is 577. The van der Waals surface area contributed by atoms with Crippen LogP contribution in [-0.2, 0) is 4.79 Å². The lowest BCUT2D eigenvalue weighted by Crippen LogP contribution is -2.55. The van der Waals surface area contributed by atoms with Gasteiger partial charge in [0.1, 0.15) is 0 Å². The number of guanidine groups is 1. The zero-order valence-electron chi connectivity index (χ0n) is 20.9. The Morgan fingerprint density at radius 2 is 1.56 bits per heavy atom. The van der Waals surface area contributed by atoms with Crippen LogP contribution in [0.5, 0.6) is 0 Å². The van der Waals surface area contributed by atoms with Gasteiger partial charge in [-0.25, -0.2) is 0 Å². The molecule has 3 heterocycles. The summed E-state index contributed by atoms with van der Waals surface area (Å²) in [5.41, 5.74) is 0. The Morgan fingerprint density at radius 3 is 2.12 bits per heavy atom. The van der Waals surface area contributed by atoms with E-state index in [1.807, 2.05) is 7.05 Å². The van der Waals surface area contributed by atoms with Crippen molar-refractivity contribution in [1.29, 1.82) is 0 Å². The Labute approximate surface area is 213 Å². The van der Waals surface area contributed by atoms with Gasteiger partial charge in [-0.1, -0.05) is 20.8 Å². The maximum absolute atomic E-state index is 12.8. The molecule has 8 heteroatoms. The van der Waals surface area contributed by atoms with Crippen LogP contribution >= 0.6 is 24.0 Å². The summed E-state index contributed by atoms with van der Waals surface area (Å²) in [6, 6.07) is 0. The topological polar surface area (TPSA) is 54.4 Å². The smallest absolute Gasteiger partial charge is 0.236 e. The molecule has 0 bridgehead atoms. The van der Waals surface area contributed by atoms with Crippen LogP contribution in [0.3, 0.4) is 0 Å². The lowest BCUT2D eigenvalue weighted by molar-refractivity contribution is -0.135. The maximum atomic E-state index is 12.8. The van der Waals surface area contributed by atoms with E-state index < -0.39 is 0 Å². The molecule has 7 nitrogen and oxygen atoms in total. The van der Waals surface area contributed by atoms with Crippen molar-refractivity contribution in [2.45, 2.75) is 46.5 Å². The van der Waals surface area contributed by atoms with Gasteiger partial charge >= 0.3 is 0 Å². The van der Waals surface area contributed by atoms with Gasteiger partial charge in [0, 0.05) is 52.9 Å². The Kier molecular flexibility index (Phi) is 12.0. The number of aliphatic imine (C=N–C) groups is 1. The van der Waals surface area contributed by atoms with Gasteiger partial charge in [0.05, 0.1) is 6.54 Å². The summed E-state index contributed by atoms with van der Waals surface area (Å²) >= 11 is 0. The summed E-state index contributed by atoms with van der Waals surface area (Å²) in [6.07, 6.45) is 5.13. The largest absolute Gasteiger partial charge is 0.356 e. The number of amides is 1. The standard InChI is InChI=1S/C24H46N6O.HI/c1-5-27-10-7-22(8-11-27)6-9-26-24(25-4)29-14-12-28(13-15-29)19-23(31)30-17-20(2)16-21(3)18-30;/h20-22H,5-19H2,1-4H3,(H,25,26);1H. The van der Waals surface area contributed by atoms with Crippen molar-refractivity contribution in [3.8, 4) is 0 Å². The molecule has 2 unspecified atom stereocenters. The number of likely N-dealkylation sites (tertiary alicyclic amines) is 2. The minimum Gasteiger partial charge on any atom is -0.356 e. The Balaban J connectivity index is 0.00000363.